The van der Waals surface area contributed by atoms with E-state index in [1.165, 1.54) is 0 Å². The van der Waals surface area contributed by atoms with E-state index in [9.17, 15) is 4.79 Å². The number of hydrogen-bond acceptors (Lipinski definition) is 3. The van der Waals surface area contributed by atoms with Gasteiger partial charge in [0, 0.05) is 11.3 Å². The van der Waals surface area contributed by atoms with Crippen molar-refractivity contribution in [3.05, 3.63) is 35.4 Å². The summed E-state index contributed by atoms with van der Waals surface area (Å²) in [4.78, 5) is 11.2. The van der Waals surface area contributed by atoms with Crippen LogP contribution < -0.4 is 11.5 Å². The van der Waals surface area contributed by atoms with Gasteiger partial charge in [-0.15, -0.1) is 0 Å². The Kier molecular flexibility index (Phi) is 2.01. The highest BCUT2D eigenvalue weighted by atomic mass is 16.4. The SMILES string of the molecule is Nc1cccc2c1C=CCC2(N)C(=O)O. The minimum absolute atomic E-state index is 0.290. The Labute approximate surface area is 87.2 Å². The van der Waals surface area contributed by atoms with Gasteiger partial charge in [0.1, 0.15) is 5.54 Å². The van der Waals surface area contributed by atoms with Gasteiger partial charge in [-0.25, -0.2) is 4.79 Å². The van der Waals surface area contributed by atoms with Gasteiger partial charge in [-0.1, -0.05) is 24.3 Å². The molecule has 0 spiro atoms. The van der Waals surface area contributed by atoms with E-state index in [1.54, 1.807) is 24.3 Å². The molecular weight excluding hydrogens is 192 g/mol. The molecule has 0 aromatic heterocycles. The van der Waals surface area contributed by atoms with Crippen LogP contribution in [-0.4, -0.2) is 11.1 Å². The van der Waals surface area contributed by atoms with Crippen molar-refractivity contribution >= 4 is 17.7 Å². The van der Waals surface area contributed by atoms with E-state index in [-0.39, 0.29) is 0 Å². The van der Waals surface area contributed by atoms with Crippen LogP contribution in [0.4, 0.5) is 5.69 Å². The van der Waals surface area contributed by atoms with Crippen molar-refractivity contribution in [1.82, 2.24) is 0 Å². The van der Waals surface area contributed by atoms with Gasteiger partial charge < -0.3 is 16.6 Å². The molecule has 0 fully saturated rings. The van der Waals surface area contributed by atoms with Gasteiger partial charge in [-0.3, -0.25) is 0 Å². The summed E-state index contributed by atoms with van der Waals surface area (Å²) in [5.74, 6) is -1.03. The molecule has 5 N–H and O–H groups in total. The molecule has 78 valence electrons. The third-order valence-electron chi connectivity index (χ3n) is 2.73. The van der Waals surface area contributed by atoms with Gasteiger partial charge in [0.2, 0.25) is 0 Å². The Morgan fingerprint density at radius 3 is 2.87 bits per heavy atom. The van der Waals surface area contributed by atoms with Gasteiger partial charge in [0.05, 0.1) is 0 Å². The van der Waals surface area contributed by atoms with Crippen LogP contribution in [0.3, 0.4) is 0 Å². The van der Waals surface area contributed by atoms with Crippen molar-refractivity contribution in [1.29, 1.82) is 0 Å². The first-order valence-corrected chi connectivity index (χ1v) is 4.63. The zero-order valence-corrected chi connectivity index (χ0v) is 8.10. The van der Waals surface area contributed by atoms with Crippen molar-refractivity contribution in [2.24, 2.45) is 5.73 Å². The molecule has 1 aliphatic carbocycles. The van der Waals surface area contributed by atoms with Gasteiger partial charge in [0.15, 0.2) is 0 Å². The lowest BCUT2D eigenvalue weighted by Crippen LogP contribution is -2.46. The monoisotopic (exact) mass is 204 g/mol. The van der Waals surface area contributed by atoms with Crippen LogP contribution in [0.25, 0.3) is 6.08 Å². The van der Waals surface area contributed by atoms with Crippen LogP contribution in [0, 0.1) is 0 Å². The molecular formula is C11H12N2O2. The number of carbonyl (C=O) groups is 1. The molecule has 0 saturated heterocycles. The lowest BCUT2D eigenvalue weighted by molar-refractivity contribution is -0.143. The highest BCUT2D eigenvalue weighted by molar-refractivity contribution is 5.86. The Balaban J connectivity index is 2.67. The first kappa shape index (κ1) is 9.73. The first-order valence-electron chi connectivity index (χ1n) is 4.63. The van der Waals surface area contributed by atoms with Crippen LogP contribution >= 0.6 is 0 Å². The summed E-state index contributed by atoms with van der Waals surface area (Å²) in [6.07, 6.45) is 3.85. The summed E-state index contributed by atoms with van der Waals surface area (Å²) in [5, 5.41) is 9.14. The zero-order chi connectivity index (χ0) is 11.1. The highest BCUT2D eigenvalue weighted by Crippen LogP contribution is 2.34. The van der Waals surface area contributed by atoms with Crippen molar-refractivity contribution in [3.8, 4) is 0 Å². The summed E-state index contributed by atoms with van der Waals surface area (Å²) in [6, 6.07) is 5.16. The maximum absolute atomic E-state index is 11.2. The maximum Gasteiger partial charge on any atom is 0.328 e. The van der Waals surface area contributed by atoms with Crippen molar-refractivity contribution in [2.45, 2.75) is 12.0 Å². The van der Waals surface area contributed by atoms with Gasteiger partial charge in [-0.2, -0.15) is 0 Å². The maximum atomic E-state index is 11.2. The first-order chi connectivity index (χ1) is 7.05. The smallest absolute Gasteiger partial charge is 0.328 e. The molecule has 0 radical (unpaired) electrons. The molecule has 4 heteroatoms. The highest BCUT2D eigenvalue weighted by Gasteiger charge is 2.38. The number of aliphatic carboxylic acids is 1. The number of carboxylic acids is 1. The molecule has 1 aliphatic rings. The third kappa shape index (κ3) is 1.30. The second kappa shape index (κ2) is 3.10. The topological polar surface area (TPSA) is 89.3 Å². The fourth-order valence-electron chi connectivity index (χ4n) is 1.83. The Bertz CT molecular complexity index is 454. The minimum atomic E-state index is -1.35. The predicted molar refractivity (Wildman–Crippen MR) is 58.0 cm³/mol. The van der Waals surface area contributed by atoms with E-state index >= 15 is 0 Å². The van der Waals surface area contributed by atoms with Gasteiger partial charge in [-0.05, 0) is 18.1 Å². The van der Waals surface area contributed by atoms with Crippen molar-refractivity contribution in [2.75, 3.05) is 5.73 Å². The average molecular weight is 204 g/mol. The number of fused-ring (bicyclic) bond motifs is 1. The molecule has 0 amide bonds. The number of carboxylic acid groups (broad SMARTS) is 1. The zero-order valence-electron chi connectivity index (χ0n) is 8.10. The van der Waals surface area contributed by atoms with E-state index in [1.807, 2.05) is 6.08 Å². The number of anilines is 1. The number of hydrogen-bond donors (Lipinski definition) is 3. The van der Waals surface area contributed by atoms with Crippen LogP contribution in [0.5, 0.6) is 0 Å². The second-order valence-corrected chi connectivity index (χ2v) is 3.69. The Morgan fingerprint density at radius 2 is 2.20 bits per heavy atom. The van der Waals surface area contributed by atoms with E-state index in [0.29, 0.717) is 23.2 Å². The van der Waals surface area contributed by atoms with E-state index < -0.39 is 11.5 Å². The quantitative estimate of drug-likeness (QED) is 0.593. The van der Waals surface area contributed by atoms with Crippen LogP contribution in [0.1, 0.15) is 17.5 Å². The lowest BCUT2D eigenvalue weighted by Gasteiger charge is -2.29. The Hall–Kier alpha value is -1.81. The summed E-state index contributed by atoms with van der Waals surface area (Å²) in [5.41, 5.74) is 12.1. The summed E-state index contributed by atoms with van der Waals surface area (Å²) < 4.78 is 0. The molecule has 4 nitrogen and oxygen atoms in total. The second-order valence-electron chi connectivity index (χ2n) is 3.69. The third-order valence-corrected chi connectivity index (χ3v) is 2.73. The van der Waals surface area contributed by atoms with Gasteiger partial charge in [0.25, 0.3) is 0 Å². The molecule has 0 heterocycles. The number of nitrogens with two attached hydrogens (primary N) is 2. The molecule has 1 atom stereocenters. The van der Waals surface area contributed by atoms with Gasteiger partial charge >= 0.3 is 5.97 Å². The minimum Gasteiger partial charge on any atom is -0.480 e. The molecule has 1 unspecified atom stereocenters. The average Bonchev–Trinajstić information content (AvgIpc) is 2.20. The van der Waals surface area contributed by atoms with Crippen LogP contribution in [0.2, 0.25) is 0 Å². The summed E-state index contributed by atoms with van der Waals surface area (Å²) in [6.45, 7) is 0. The fourth-order valence-corrected chi connectivity index (χ4v) is 1.83. The molecule has 0 aliphatic heterocycles. The normalized spacial score (nSPS) is 23.5. The molecule has 1 aromatic carbocycles. The fraction of sp³-hybridized carbons (Fsp3) is 0.182. The Morgan fingerprint density at radius 1 is 1.47 bits per heavy atom. The summed E-state index contributed by atoms with van der Waals surface area (Å²) >= 11 is 0. The standard InChI is InChI=1S/C11H12N2O2/c12-9-5-1-4-8-7(9)3-2-6-11(8,13)10(14)15/h1-5H,6,12-13H2,(H,14,15). The van der Waals surface area contributed by atoms with E-state index in [4.69, 9.17) is 16.6 Å². The van der Waals surface area contributed by atoms with Crippen LogP contribution in [-0.2, 0) is 10.3 Å². The molecule has 15 heavy (non-hydrogen) atoms. The van der Waals surface area contributed by atoms with Crippen molar-refractivity contribution in [3.63, 3.8) is 0 Å². The predicted octanol–water partition coefficient (Wildman–Crippen LogP) is 0.924. The lowest BCUT2D eigenvalue weighted by atomic mass is 9.80. The number of benzene rings is 1. The molecule has 1 aromatic rings. The van der Waals surface area contributed by atoms with E-state index in [0.717, 1.165) is 0 Å². The van der Waals surface area contributed by atoms with Crippen molar-refractivity contribution < 1.29 is 9.90 Å². The molecule has 0 saturated carbocycles. The number of rotatable bonds is 1. The molecule has 0 bridgehead atoms. The number of nitrogen functional groups attached to an aromatic ring is 1. The van der Waals surface area contributed by atoms with Crippen LogP contribution in [0.15, 0.2) is 24.3 Å². The summed E-state index contributed by atoms with van der Waals surface area (Å²) in [7, 11) is 0. The van der Waals surface area contributed by atoms with E-state index in [2.05, 4.69) is 0 Å². The molecule has 2 rings (SSSR count). The largest absolute Gasteiger partial charge is 0.480 e.